The SMILES string of the molecule is COc1cccc([C@H]2C3=C(N=c4s/c(=C/c5cccc([N+](=O)[O-])c5)c(=O)n42)c2ccccc2CC3)c1. The minimum absolute atomic E-state index is 0.0159. The maximum absolute atomic E-state index is 13.8. The van der Waals surface area contributed by atoms with Crippen molar-refractivity contribution in [3.05, 3.63) is 130 Å². The van der Waals surface area contributed by atoms with Crippen LogP contribution < -0.4 is 19.6 Å². The second-order valence-corrected chi connectivity index (χ2v) is 9.75. The van der Waals surface area contributed by atoms with Crippen LogP contribution in [-0.4, -0.2) is 16.6 Å². The van der Waals surface area contributed by atoms with E-state index in [9.17, 15) is 14.9 Å². The average Bonchev–Trinajstić information content (AvgIpc) is 3.21. The Labute approximate surface area is 210 Å². The highest BCUT2D eigenvalue weighted by atomic mass is 32.1. The van der Waals surface area contributed by atoms with Crippen molar-refractivity contribution < 1.29 is 9.66 Å². The van der Waals surface area contributed by atoms with Crippen LogP contribution in [-0.2, 0) is 6.42 Å². The summed E-state index contributed by atoms with van der Waals surface area (Å²) < 4.78 is 7.73. The van der Waals surface area contributed by atoms with Crippen LogP contribution in [0.15, 0.2) is 88.2 Å². The molecule has 1 atom stereocenters. The van der Waals surface area contributed by atoms with E-state index in [-0.39, 0.29) is 17.3 Å². The smallest absolute Gasteiger partial charge is 0.271 e. The number of aromatic nitrogens is 1. The highest BCUT2D eigenvalue weighted by Crippen LogP contribution is 2.41. The van der Waals surface area contributed by atoms with Gasteiger partial charge in [0.1, 0.15) is 5.75 Å². The van der Waals surface area contributed by atoms with Gasteiger partial charge in [-0.1, -0.05) is 59.9 Å². The summed E-state index contributed by atoms with van der Waals surface area (Å²) >= 11 is 1.30. The molecule has 1 aliphatic heterocycles. The van der Waals surface area contributed by atoms with E-state index in [2.05, 4.69) is 12.1 Å². The summed E-state index contributed by atoms with van der Waals surface area (Å²) in [5.74, 6) is 0.724. The van der Waals surface area contributed by atoms with Gasteiger partial charge in [-0.2, -0.15) is 0 Å². The van der Waals surface area contributed by atoms with Crippen molar-refractivity contribution in [1.29, 1.82) is 0 Å². The first-order valence-corrected chi connectivity index (χ1v) is 12.4. The zero-order valence-corrected chi connectivity index (χ0v) is 20.2. The molecule has 178 valence electrons. The van der Waals surface area contributed by atoms with Crippen molar-refractivity contribution in [2.24, 2.45) is 4.99 Å². The third-order valence-electron chi connectivity index (χ3n) is 6.66. The van der Waals surface area contributed by atoms with Gasteiger partial charge < -0.3 is 4.74 Å². The molecule has 3 aromatic carbocycles. The van der Waals surface area contributed by atoms with Crippen molar-refractivity contribution in [3.8, 4) is 5.75 Å². The monoisotopic (exact) mass is 495 g/mol. The van der Waals surface area contributed by atoms with Crippen molar-refractivity contribution in [3.63, 3.8) is 0 Å². The number of nitro benzene ring substituents is 1. The van der Waals surface area contributed by atoms with E-state index in [1.165, 1.54) is 29.0 Å². The van der Waals surface area contributed by atoms with Crippen molar-refractivity contribution in [2.45, 2.75) is 18.9 Å². The number of ether oxygens (including phenoxy) is 1. The number of hydrogen-bond acceptors (Lipinski definition) is 6. The first kappa shape index (κ1) is 22.2. The van der Waals surface area contributed by atoms with Crippen LogP contribution in [0.2, 0.25) is 0 Å². The minimum atomic E-state index is -0.437. The molecule has 0 unspecified atom stereocenters. The van der Waals surface area contributed by atoms with Crippen LogP contribution >= 0.6 is 11.3 Å². The van der Waals surface area contributed by atoms with Gasteiger partial charge >= 0.3 is 0 Å². The van der Waals surface area contributed by atoms with Crippen LogP contribution in [0.5, 0.6) is 5.75 Å². The molecule has 0 radical (unpaired) electrons. The van der Waals surface area contributed by atoms with Crippen LogP contribution in [0.1, 0.15) is 34.7 Å². The zero-order valence-electron chi connectivity index (χ0n) is 19.4. The largest absolute Gasteiger partial charge is 0.497 e. The number of nitrogens with zero attached hydrogens (tertiary/aromatic N) is 3. The molecular formula is C28H21N3O4S. The molecule has 2 heterocycles. The van der Waals surface area contributed by atoms with Gasteiger partial charge in [0, 0.05) is 17.7 Å². The fourth-order valence-electron chi connectivity index (χ4n) is 5.01. The first-order chi connectivity index (χ1) is 17.5. The number of allylic oxidation sites excluding steroid dienone is 1. The van der Waals surface area contributed by atoms with Crippen molar-refractivity contribution >= 4 is 28.8 Å². The molecule has 1 aromatic heterocycles. The number of fused-ring (bicyclic) bond motifs is 3. The third kappa shape index (κ3) is 3.67. The number of methoxy groups -OCH3 is 1. The Bertz CT molecular complexity index is 1750. The fraction of sp³-hybridized carbons (Fsp3) is 0.143. The quantitative estimate of drug-likeness (QED) is 0.313. The van der Waals surface area contributed by atoms with E-state index in [4.69, 9.17) is 9.73 Å². The average molecular weight is 496 g/mol. The van der Waals surface area contributed by atoms with E-state index >= 15 is 0 Å². The molecule has 7 nitrogen and oxygen atoms in total. The number of aryl methyl sites for hydroxylation is 1. The normalized spacial score (nSPS) is 16.6. The van der Waals surface area contributed by atoms with Gasteiger partial charge in [0.25, 0.3) is 11.2 Å². The number of benzene rings is 3. The molecule has 0 spiro atoms. The lowest BCUT2D eigenvalue weighted by atomic mass is 9.83. The van der Waals surface area contributed by atoms with E-state index in [0.717, 1.165) is 41.0 Å². The minimum Gasteiger partial charge on any atom is -0.497 e. The molecule has 36 heavy (non-hydrogen) atoms. The summed E-state index contributed by atoms with van der Waals surface area (Å²) in [6.07, 6.45) is 3.38. The molecule has 0 saturated carbocycles. The Morgan fingerprint density at radius 3 is 2.75 bits per heavy atom. The lowest BCUT2D eigenvalue weighted by Crippen LogP contribution is -2.38. The van der Waals surface area contributed by atoms with E-state index < -0.39 is 4.92 Å². The molecule has 4 aromatic rings. The van der Waals surface area contributed by atoms with Gasteiger partial charge in [-0.05, 0) is 53.3 Å². The third-order valence-corrected chi connectivity index (χ3v) is 7.64. The maximum atomic E-state index is 13.8. The Hall–Kier alpha value is -4.30. The summed E-state index contributed by atoms with van der Waals surface area (Å²) in [6, 6.07) is 22.1. The molecular weight excluding hydrogens is 474 g/mol. The number of hydrogen-bond donors (Lipinski definition) is 0. The molecule has 0 bridgehead atoms. The van der Waals surface area contributed by atoms with Crippen LogP contribution in [0.25, 0.3) is 11.8 Å². The lowest BCUT2D eigenvalue weighted by Gasteiger charge is -2.31. The van der Waals surface area contributed by atoms with Crippen LogP contribution in [0, 0.1) is 10.1 Å². The van der Waals surface area contributed by atoms with E-state index in [1.54, 1.807) is 29.9 Å². The molecule has 6 rings (SSSR count). The van der Waals surface area contributed by atoms with Crippen LogP contribution in [0.3, 0.4) is 0 Å². The first-order valence-electron chi connectivity index (χ1n) is 11.5. The maximum Gasteiger partial charge on any atom is 0.271 e. The standard InChI is InChI=1S/C28H21N3O4S/c1-35-21-10-5-8-19(16-21)26-23-13-12-18-7-2-3-11-22(18)25(23)29-28-30(26)27(32)24(36-28)15-17-6-4-9-20(14-17)31(33)34/h2-11,14-16,26H,12-13H2,1H3/b24-15+/t26-/m0/s1. The Balaban J connectivity index is 1.61. The van der Waals surface area contributed by atoms with Gasteiger partial charge in [0.15, 0.2) is 4.80 Å². The van der Waals surface area contributed by atoms with Crippen molar-refractivity contribution in [2.75, 3.05) is 7.11 Å². The summed E-state index contributed by atoms with van der Waals surface area (Å²) in [5, 5.41) is 11.2. The number of nitro groups is 1. The summed E-state index contributed by atoms with van der Waals surface area (Å²) in [5.41, 5.74) is 5.76. The van der Waals surface area contributed by atoms with Gasteiger partial charge in [-0.15, -0.1) is 0 Å². The molecule has 0 amide bonds. The summed E-state index contributed by atoms with van der Waals surface area (Å²) in [4.78, 5) is 30.2. The molecule has 0 fully saturated rings. The predicted molar refractivity (Wildman–Crippen MR) is 139 cm³/mol. The number of non-ortho nitro benzene ring substituents is 1. The molecule has 2 aliphatic rings. The Morgan fingerprint density at radius 2 is 1.92 bits per heavy atom. The molecule has 8 heteroatoms. The van der Waals surface area contributed by atoms with E-state index in [0.29, 0.717) is 14.9 Å². The lowest BCUT2D eigenvalue weighted by molar-refractivity contribution is -0.384. The van der Waals surface area contributed by atoms with Gasteiger partial charge in [-0.25, -0.2) is 4.99 Å². The Morgan fingerprint density at radius 1 is 1.08 bits per heavy atom. The fourth-order valence-corrected chi connectivity index (χ4v) is 6.01. The van der Waals surface area contributed by atoms with E-state index in [1.807, 2.05) is 36.4 Å². The highest BCUT2D eigenvalue weighted by Gasteiger charge is 2.32. The predicted octanol–water partition coefficient (Wildman–Crippen LogP) is 4.24. The van der Waals surface area contributed by atoms with Gasteiger partial charge in [0.05, 0.1) is 28.3 Å². The van der Waals surface area contributed by atoms with Crippen LogP contribution in [0.4, 0.5) is 5.69 Å². The topological polar surface area (TPSA) is 86.7 Å². The zero-order chi connectivity index (χ0) is 24.8. The van der Waals surface area contributed by atoms with Gasteiger partial charge in [-0.3, -0.25) is 19.5 Å². The molecule has 0 N–H and O–H groups in total. The Kier molecular flexibility index (Phi) is 5.38. The summed E-state index contributed by atoms with van der Waals surface area (Å²) in [7, 11) is 1.63. The van der Waals surface area contributed by atoms with Crippen molar-refractivity contribution in [1.82, 2.24) is 4.57 Å². The molecule has 0 saturated heterocycles. The van der Waals surface area contributed by atoms with Gasteiger partial charge in [0.2, 0.25) is 0 Å². The molecule has 1 aliphatic carbocycles. The second-order valence-electron chi connectivity index (χ2n) is 8.74. The number of thiazole rings is 1. The summed E-state index contributed by atoms with van der Waals surface area (Å²) in [6.45, 7) is 0. The second kappa shape index (κ2) is 8.73. The number of rotatable bonds is 4. The highest BCUT2D eigenvalue weighted by molar-refractivity contribution is 7.07.